The van der Waals surface area contributed by atoms with Crippen LogP contribution in [0.3, 0.4) is 0 Å². The average Bonchev–Trinajstić information content (AvgIpc) is 2.87. The molecule has 0 saturated heterocycles. The van der Waals surface area contributed by atoms with E-state index in [2.05, 4.69) is 56.4 Å². The molecule has 2 aromatic rings. The zero-order chi connectivity index (χ0) is 12.4. The Morgan fingerprint density at radius 3 is 2.82 bits per heavy atom. The molecule has 2 rings (SSSR count). The van der Waals surface area contributed by atoms with Gasteiger partial charge in [0.2, 0.25) is 11.8 Å². The Balaban J connectivity index is 2.02. The fraction of sp³-hybridized carbons (Fsp3) is 0.455. The summed E-state index contributed by atoms with van der Waals surface area (Å²) in [6.07, 6.45) is 0. The molecule has 0 bridgehead atoms. The van der Waals surface area contributed by atoms with Gasteiger partial charge in [-0.25, -0.2) is 0 Å². The van der Waals surface area contributed by atoms with Crippen molar-refractivity contribution in [2.45, 2.75) is 26.4 Å². The fourth-order valence-corrected chi connectivity index (χ4v) is 2.72. The number of hydrogen-bond donors (Lipinski definition) is 0. The van der Waals surface area contributed by atoms with Crippen molar-refractivity contribution < 1.29 is 4.42 Å². The molecule has 0 radical (unpaired) electrons. The summed E-state index contributed by atoms with van der Waals surface area (Å²) in [4.78, 5) is 2.18. The number of rotatable bonds is 4. The van der Waals surface area contributed by atoms with Gasteiger partial charge >= 0.3 is 0 Å². The van der Waals surface area contributed by atoms with Crippen LogP contribution in [0.4, 0.5) is 0 Å². The van der Waals surface area contributed by atoms with Gasteiger partial charge < -0.3 is 4.42 Å². The van der Waals surface area contributed by atoms with Crippen LogP contribution in [0.5, 0.6) is 0 Å². The summed E-state index contributed by atoms with van der Waals surface area (Å²) in [5.41, 5.74) is 1.28. The summed E-state index contributed by atoms with van der Waals surface area (Å²) < 4.78 is 6.59. The molecule has 0 aliphatic heterocycles. The first-order valence-corrected chi connectivity index (χ1v) is 6.96. The largest absolute Gasteiger partial charge is 0.424 e. The zero-order valence-corrected chi connectivity index (χ0v) is 12.4. The first kappa shape index (κ1) is 12.7. The number of aromatic nitrogens is 2. The van der Waals surface area contributed by atoms with Gasteiger partial charge in [-0.1, -0.05) is 0 Å². The lowest BCUT2D eigenvalue weighted by atomic mass is 10.2. The van der Waals surface area contributed by atoms with Crippen molar-refractivity contribution >= 4 is 27.3 Å². The number of thiophene rings is 1. The third-order valence-corrected chi connectivity index (χ3v) is 4.17. The van der Waals surface area contributed by atoms with E-state index in [1.54, 1.807) is 18.3 Å². The topological polar surface area (TPSA) is 42.2 Å². The Labute approximate surface area is 113 Å². The van der Waals surface area contributed by atoms with Gasteiger partial charge in [-0.05, 0) is 46.9 Å². The molecule has 0 spiro atoms. The molecule has 4 nitrogen and oxygen atoms in total. The Kier molecular flexibility index (Phi) is 3.96. The molecule has 2 aromatic heterocycles. The van der Waals surface area contributed by atoms with Gasteiger partial charge in [-0.3, -0.25) is 4.90 Å². The minimum absolute atomic E-state index is 0.120. The second kappa shape index (κ2) is 5.29. The summed E-state index contributed by atoms with van der Waals surface area (Å²) in [5.74, 6) is 1.28. The van der Waals surface area contributed by atoms with E-state index in [4.69, 9.17) is 4.42 Å². The van der Waals surface area contributed by atoms with Crippen LogP contribution in [-0.4, -0.2) is 22.1 Å². The lowest BCUT2D eigenvalue weighted by Gasteiger charge is -2.20. The average molecular weight is 316 g/mol. The monoisotopic (exact) mass is 315 g/mol. The predicted octanol–water partition coefficient (Wildman–Crippen LogP) is 3.40. The van der Waals surface area contributed by atoms with Crippen LogP contribution in [-0.2, 0) is 6.54 Å². The van der Waals surface area contributed by atoms with Crippen molar-refractivity contribution in [3.63, 3.8) is 0 Å². The van der Waals surface area contributed by atoms with Gasteiger partial charge in [0.05, 0.1) is 9.83 Å². The lowest BCUT2D eigenvalue weighted by molar-refractivity contribution is 0.215. The Hall–Kier alpha value is -0.720. The van der Waals surface area contributed by atoms with Crippen LogP contribution in [0.15, 0.2) is 19.6 Å². The number of aryl methyl sites for hydroxylation is 1. The van der Waals surface area contributed by atoms with Gasteiger partial charge in [-0.2, -0.15) is 0 Å². The van der Waals surface area contributed by atoms with Crippen molar-refractivity contribution in [3.05, 3.63) is 32.6 Å². The molecular formula is C11H14BrN3OS. The van der Waals surface area contributed by atoms with E-state index in [9.17, 15) is 0 Å². The molecule has 2 heterocycles. The van der Waals surface area contributed by atoms with Crippen LogP contribution in [0, 0.1) is 6.92 Å². The highest BCUT2D eigenvalue weighted by Gasteiger charge is 2.17. The summed E-state index contributed by atoms with van der Waals surface area (Å²) in [6, 6.07) is 2.25. The molecule has 17 heavy (non-hydrogen) atoms. The van der Waals surface area contributed by atoms with E-state index in [1.807, 2.05) is 0 Å². The minimum Gasteiger partial charge on any atom is -0.424 e. The van der Waals surface area contributed by atoms with Crippen molar-refractivity contribution in [1.82, 2.24) is 15.1 Å². The highest BCUT2D eigenvalue weighted by atomic mass is 79.9. The number of hydrogen-bond acceptors (Lipinski definition) is 5. The second-order valence-corrected chi connectivity index (χ2v) is 6.30. The van der Waals surface area contributed by atoms with Crippen molar-refractivity contribution in [2.75, 3.05) is 7.05 Å². The van der Waals surface area contributed by atoms with Gasteiger partial charge in [0.25, 0.3) is 0 Å². The molecule has 0 fully saturated rings. The van der Waals surface area contributed by atoms with Gasteiger partial charge in [-0.15, -0.1) is 21.5 Å². The molecule has 6 heteroatoms. The molecular weight excluding hydrogens is 302 g/mol. The van der Waals surface area contributed by atoms with E-state index in [1.165, 1.54) is 5.56 Å². The van der Waals surface area contributed by atoms with E-state index >= 15 is 0 Å². The lowest BCUT2D eigenvalue weighted by Crippen LogP contribution is -2.21. The third kappa shape index (κ3) is 3.14. The molecule has 1 atom stereocenters. The molecule has 0 aliphatic rings. The Morgan fingerprint density at radius 2 is 2.29 bits per heavy atom. The van der Waals surface area contributed by atoms with E-state index in [0.29, 0.717) is 11.8 Å². The first-order valence-electron chi connectivity index (χ1n) is 5.29. The maximum absolute atomic E-state index is 5.44. The molecule has 0 saturated carbocycles. The molecule has 0 aromatic carbocycles. The van der Waals surface area contributed by atoms with E-state index in [0.717, 1.165) is 10.3 Å². The maximum Gasteiger partial charge on any atom is 0.233 e. The predicted molar refractivity (Wildman–Crippen MR) is 70.9 cm³/mol. The van der Waals surface area contributed by atoms with Crippen LogP contribution in [0.1, 0.15) is 30.3 Å². The summed E-state index contributed by atoms with van der Waals surface area (Å²) in [5, 5.41) is 10.0. The number of nitrogens with zero attached hydrogens (tertiary/aromatic N) is 3. The number of halogens is 1. The Bertz CT molecular complexity index is 496. The highest BCUT2D eigenvalue weighted by Crippen LogP contribution is 2.24. The summed E-state index contributed by atoms with van der Waals surface area (Å²) in [6.45, 7) is 4.73. The van der Waals surface area contributed by atoms with Gasteiger partial charge in [0.15, 0.2) is 0 Å². The highest BCUT2D eigenvalue weighted by molar-refractivity contribution is 9.11. The van der Waals surface area contributed by atoms with Gasteiger partial charge in [0, 0.05) is 13.5 Å². The van der Waals surface area contributed by atoms with Crippen LogP contribution in [0.2, 0.25) is 0 Å². The van der Waals surface area contributed by atoms with Crippen molar-refractivity contribution in [2.24, 2.45) is 0 Å². The van der Waals surface area contributed by atoms with E-state index in [-0.39, 0.29) is 6.04 Å². The molecule has 0 aliphatic carbocycles. The first-order chi connectivity index (χ1) is 8.06. The molecule has 0 amide bonds. The van der Waals surface area contributed by atoms with Crippen molar-refractivity contribution in [1.29, 1.82) is 0 Å². The molecule has 0 unspecified atom stereocenters. The van der Waals surface area contributed by atoms with Gasteiger partial charge in [0.1, 0.15) is 0 Å². The Morgan fingerprint density at radius 1 is 1.53 bits per heavy atom. The standard InChI is InChI=1S/C11H14BrN3OS/c1-7(11-14-13-8(2)16-11)15(3)5-9-4-10(12)17-6-9/h4,6-7H,5H2,1-3H3/t7-/m0/s1. The normalized spacial score (nSPS) is 13.2. The second-order valence-electron chi connectivity index (χ2n) is 4.01. The quantitative estimate of drug-likeness (QED) is 0.867. The minimum atomic E-state index is 0.120. The van der Waals surface area contributed by atoms with Crippen LogP contribution >= 0.6 is 27.3 Å². The summed E-state index contributed by atoms with van der Waals surface area (Å²) >= 11 is 5.16. The SMILES string of the molecule is Cc1nnc([C@H](C)N(C)Cc2csc(Br)c2)o1. The van der Waals surface area contributed by atoms with Crippen LogP contribution < -0.4 is 0 Å². The maximum atomic E-state index is 5.44. The smallest absolute Gasteiger partial charge is 0.233 e. The molecule has 92 valence electrons. The summed E-state index contributed by atoms with van der Waals surface area (Å²) in [7, 11) is 2.05. The third-order valence-electron chi connectivity index (χ3n) is 2.61. The van der Waals surface area contributed by atoms with E-state index < -0.39 is 0 Å². The fourth-order valence-electron chi connectivity index (χ4n) is 1.52. The zero-order valence-electron chi connectivity index (χ0n) is 9.98. The van der Waals surface area contributed by atoms with Crippen molar-refractivity contribution in [3.8, 4) is 0 Å². The van der Waals surface area contributed by atoms with Crippen LogP contribution in [0.25, 0.3) is 0 Å². The molecule has 0 N–H and O–H groups in total.